The number of piperidine rings is 3. The van der Waals surface area contributed by atoms with Crippen molar-refractivity contribution >= 4 is 17.6 Å². The van der Waals surface area contributed by atoms with Crippen molar-refractivity contribution in [2.75, 3.05) is 25.0 Å². The minimum Gasteiger partial charge on any atom is -0.354 e. The molecule has 4 heterocycles. The van der Waals surface area contributed by atoms with Gasteiger partial charge in [-0.15, -0.1) is 10.2 Å². The molecule has 2 amide bonds. The van der Waals surface area contributed by atoms with Crippen LogP contribution < -0.4 is 10.2 Å². The molecular formula is C24H29N5O2. The van der Waals surface area contributed by atoms with Gasteiger partial charge in [-0.3, -0.25) is 9.59 Å². The summed E-state index contributed by atoms with van der Waals surface area (Å²) in [5, 5.41) is 11.1. The van der Waals surface area contributed by atoms with E-state index in [0.29, 0.717) is 35.9 Å². The van der Waals surface area contributed by atoms with Crippen molar-refractivity contribution < 1.29 is 9.59 Å². The number of amides is 2. The number of carbonyl (C=O) groups excluding carboxylic acids is 2. The Balaban J connectivity index is 1.42. The first-order chi connectivity index (χ1) is 15.1. The number of hydrogen-bond acceptors (Lipinski definition) is 5. The molecule has 5 rings (SSSR count). The Kier molecular flexibility index (Phi) is 5.34. The Morgan fingerprint density at radius 2 is 1.90 bits per heavy atom. The van der Waals surface area contributed by atoms with Gasteiger partial charge in [-0.1, -0.05) is 30.3 Å². The summed E-state index contributed by atoms with van der Waals surface area (Å²) in [7, 11) is 1.59. The molecule has 4 atom stereocenters. The maximum atomic E-state index is 13.0. The van der Waals surface area contributed by atoms with E-state index in [1.165, 1.54) is 5.56 Å². The largest absolute Gasteiger partial charge is 0.354 e. The zero-order valence-electron chi connectivity index (χ0n) is 17.9. The van der Waals surface area contributed by atoms with Gasteiger partial charge in [-0.2, -0.15) is 0 Å². The van der Waals surface area contributed by atoms with Gasteiger partial charge in [0.25, 0.3) is 5.91 Å². The normalized spacial score (nSPS) is 27.6. The first-order valence-electron chi connectivity index (χ1n) is 11.3. The molecule has 0 unspecified atom stereocenters. The van der Waals surface area contributed by atoms with Crippen LogP contribution in [0.25, 0.3) is 0 Å². The number of benzene rings is 1. The second-order valence-electron chi connectivity index (χ2n) is 9.03. The summed E-state index contributed by atoms with van der Waals surface area (Å²) in [6, 6.07) is 14.7. The third kappa shape index (κ3) is 3.77. The Morgan fingerprint density at radius 1 is 1.10 bits per heavy atom. The maximum absolute atomic E-state index is 13.0. The zero-order valence-corrected chi connectivity index (χ0v) is 17.9. The van der Waals surface area contributed by atoms with E-state index < -0.39 is 0 Å². The summed E-state index contributed by atoms with van der Waals surface area (Å²) in [6.07, 6.45) is 4.81. The lowest BCUT2D eigenvalue weighted by Crippen LogP contribution is -2.65. The van der Waals surface area contributed by atoms with Gasteiger partial charge in [0.1, 0.15) is 0 Å². The highest BCUT2D eigenvalue weighted by Crippen LogP contribution is 2.43. The fraction of sp³-hybridized carbons (Fsp3) is 0.500. The molecule has 162 valence electrons. The lowest BCUT2D eigenvalue weighted by Gasteiger charge is -2.57. The summed E-state index contributed by atoms with van der Waals surface area (Å²) in [5.41, 5.74) is 1.62. The summed E-state index contributed by atoms with van der Waals surface area (Å²) >= 11 is 0. The van der Waals surface area contributed by atoms with Gasteiger partial charge in [0, 0.05) is 38.6 Å². The van der Waals surface area contributed by atoms with Crippen molar-refractivity contribution in [1.29, 1.82) is 0 Å². The maximum Gasteiger partial charge on any atom is 0.271 e. The molecule has 3 aliphatic heterocycles. The molecule has 0 spiro atoms. The molecule has 0 radical (unpaired) electrons. The summed E-state index contributed by atoms with van der Waals surface area (Å²) in [5.74, 6) is 1.77. The number of nitrogens with zero attached hydrogens (tertiary/aromatic N) is 4. The van der Waals surface area contributed by atoms with Crippen LogP contribution in [0.15, 0.2) is 42.5 Å². The van der Waals surface area contributed by atoms with Crippen LogP contribution in [0.5, 0.6) is 0 Å². The molecule has 7 heteroatoms. The van der Waals surface area contributed by atoms with Crippen LogP contribution in [0.4, 0.5) is 5.82 Å². The Bertz CT molecular complexity index is 948. The molecule has 0 aliphatic carbocycles. The predicted molar refractivity (Wildman–Crippen MR) is 118 cm³/mol. The quantitative estimate of drug-likeness (QED) is 0.823. The third-order valence-electron chi connectivity index (χ3n) is 7.22. The highest BCUT2D eigenvalue weighted by Gasteiger charge is 2.49. The first kappa shape index (κ1) is 20.0. The van der Waals surface area contributed by atoms with E-state index in [4.69, 9.17) is 0 Å². The van der Waals surface area contributed by atoms with Crippen LogP contribution in [0, 0.1) is 11.8 Å². The first-order valence-corrected chi connectivity index (χ1v) is 11.3. The average molecular weight is 420 g/mol. The minimum absolute atomic E-state index is 0.220. The number of aromatic nitrogens is 2. The number of anilines is 1. The lowest BCUT2D eigenvalue weighted by atomic mass is 9.71. The van der Waals surface area contributed by atoms with E-state index in [9.17, 15) is 9.59 Å². The molecule has 31 heavy (non-hydrogen) atoms. The van der Waals surface area contributed by atoms with Gasteiger partial charge in [-0.25, -0.2) is 0 Å². The standard InChI is InChI=1S/C24H29N5O2/c1-25-24(31)19-10-11-22(27-26-19)28-14-17-13-18(15-28)21(12-16-6-3-2-4-7-16)29-20(17)8-5-9-23(29)30/h2-4,6-7,10-11,17-18,20-21H,5,8-9,12-15H2,1H3,(H,25,31)/t17-,18+,20+,21+/m1/s1. The Hall–Kier alpha value is -2.96. The van der Waals surface area contributed by atoms with E-state index in [0.717, 1.165) is 44.6 Å². The van der Waals surface area contributed by atoms with Crippen LogP contribution in [0.1, 0.15) is 41.7 Å². The van der Waals surface area contributed by atoms with Crippen LogP contribution in [0.3, 0.4) is 0 Å². The molecule has 2 aromatic rings. The fourth-order valence-electron chi connectivity index (χ4n) is 5.82. The van der Waals surface area contributed by atoms with Crippen LogP contribution in [-0.4, -0.2) is 59.1 Å². The number of rotatable bonds is 4. The SMILES string of the molecule is CNC(=O)c1ccc(N2C[C@H]3C[C@@H](C2)[C@H](Cc2ccccc2)N2C(=O)CCC[C@@H]32)nn1. The van der Waals surface area contributed by atoms with Gasteiger partial charge >= 0.3 is 0 Å². The van der Waals surface area contributed by atoms with Crippen LogP contribution in [0.2, 0.25) is 0 Å². The average Bonchev–Trinajstić information content (AvgIpc) is 2.82. The van der Waals surface area contributed by atoms with Gasteiger partial charge in [-0.05, 0) is 55.2 Å². The molecule has 1 aromatic carbocycles. The van der Waals surface area contributed by atoms with Crippen molar-refractivity contribution in [1.82, 2.24) is 20.4 Å². The molecule has 1 N–H and O–H groups in total. The number of hydrogen-bond donors (Lipinski definition) is 1. The van der Waals surface area contributed by atoms with Crippen molar-refractivity contribution in [2.45, 2.75) is 44.2 Å². The fourth-order valence-corrected chi connectivity index (χ4v) is 5.82. The molecule has 1 aromatic heterocycles. The van der Waals surface area contributed by atoms with Crippen LogP contribution in [-0.2, 0) is 11.2 Å². The Morgan fingerprint density at radius 3 is 2.65 bits per heavy atom. The second-order valence-corrected chi connectivity index (χ2v) is 9.03. The Labute approximate surface area is 182 Å². The summed E-state index contributed by atoms with van der Waals surface area (Å²) < 4.78 is 0. The van der Waals surface area contributed by atoms with Crippen molar-refractivity contribution in [3.05, 3.63) is 53.7 Å². The number of nitrogens with one attached hydrogen (secondary N) is 1. The topological polar surface area (TPSA) is 78.4 Å². The van der Waals surface area contributed by atoms with E-state index >= 15 is 0 Å². The van der Waals surface area contributed by atoms with Crippen LogP contribution >= 0.6 is 0 Å². The smallest absolute Gasteiger partial charge is 0.271 e. The zero-order chi connectivity index (χ0) is 21.4. The predicted octanol–water partition coefficient (Wildman–Crippen LogP) is 2.28. The van der Waals surface area contributed by atoms with Gasteiger partial charge in [0.05, 0.1) is 0 Å². The van der Waals surface area contributed by atoms with Crippen molar-refractivity contribution in [3.63, 3.8) is 0 Å². The molecule has 3 saturated heterocycles. The van der Waals surface area contributed by atoms with E-state index in [-0.39, 0.29) is 11.9 Å². The van der Waals surface area contributed by atoms with E-state index in [1.54, 1.807) is 13.1 Å². The van der Waals surface area contributed by atoms with Gasteiger partial charge in [0.15, 0.2) is 11.5 Å². The second kappa shape index (κ2) is 8.29. The molecule has 7 nitrogen and oxygen atoms in total. The van der Waals surface area contributed by atoms with Gasteiger partial charge in [0.2, 0.25) is 5.91 Å². The molecule has 3 aliphatic rings. The minimum atomic E-state index is -0.228. The third-order valence-corrected chi connectivity index (χ3v) is 7.22. The monoisotopic (exact) mass is 419 g/mol. The highest BCUT2D eigenvalue weighted by atomic mass is 16.2. The van der Waals surface area contributed by atoms with Crippen molar-refractivity contribution in [2.24, 2.45) is 11.8 Å². The summed E-state index contributed by atoms with van der Waals surface area (Å²) in [4.78, 5) is 29.4. The number of fused-ring (bicyclic) bond motifs is 4. The number of carbonyl (C=O) groups is 2. The lowest BCUT2D eigenvalue weighted by molar-refractivity contribution is -0.148. The van der Waals surface area contributed by atoms with E-state index in [1.807, 2.05) is 12.1 Å². The molecule has 3 fully saturated rings. The molecular weight excluding hydrogens is 390 g/mol. The summed E-state index contributed by atoms with van der Waals surface area (Å²) in [6.45, 7) is 1.75. The molecule has 0 saturated carbocycles. The van der Waals surface area contributed by atoms with E-state index in [2.05, 4.69) is 49.6 Å². The van der Waals surface area contributed by atoms with Gasteiger partial charge < -0.3 is 15.1 Å². The highest BCUT2D eigenvalue weighted by molar-refractivity contribution is 5.91. The van der Waals surface area contributed by atoms with Crippen molar-refractivity contribution in [3.8, 4) is 0 Å². The molecule has 2 bridgehead atoms.